The van der Waals surface area contributed by atoms with E-state index in [9.17, 15) is 14.0 Å². The van der Waals surface area contributed by atoms with Crippen LogP contribution in [0.25, 0.3) is 0 Å². The fourth-order valence-electron chi connectivity index (χ4n) is 3.31. The fraction of sp³-hybridized carbons (Fsp3) is 0.364. The summed E-state index contributed by atoms with van der Waals surface area (Å²) >= 11 is 0. The predicted molar refractivity (Wildman–Crippen MR) is 116 cm³/mol. The number of anilines is 2. The molecular weight excluding hydrogens is 386 g/mol. The molecule has 0 aromatic heterocycles. The lowest BCUT2D eigenvalue weighted by atomic mass is 9.76. The minimum absolute atomic E-state index is 0.0602. The molecule has 6 nitrogen and oxygen atoms in total. The van der Waals surface area contributed by atoms with E-state index in [0.29, 0.717) is 12.1 Å². The second-order valence-corrected chi connectivity index (χ2v) is 8.41. The monoisotopic (exact) mass is 412 g/mol. The summed E-state index contributed by atoms with van der Waals surface area (Å²) in [5.74, 6) is -1.17. The molecule has 30 heavy (non-hydrogen) atoms. The summed E-state index contributed by atoms with van der Waals surface area (Å²) in [6, 6.07) is 9.55. The van der Waals surface area contributed by atoms with Crippen molar-refractivity contribution in [1.29, 1.82) is 0 Å². The molecular formula is C22H26BFN2O4. The lowest BCUT2D eigenvalue weighted by molar-refractivity contribution is -0.107. The standard InChI is InChI=1S/C22H26BFN2O4/c1-14-16(23-29-21(2,3)22(4,5)30-23)10-8-12-18(14)25-20(28)15-9-7-11-17(24)19(15)26(6)13-27/h7-13H,1-6H3,(H,25,28). The summed E-state index contributed by atoms with van der Waals surface area (Å²) in [4.78, 5) is 25.1. The summed E-state index contributed by atoms with van der Waals surface area (Å²) in [6.07, 6.45) is 0.458. The maximum Gasteiger partial charge on any atom is 0.495 e. The number of amides is 2. The topological polar surface area (TPSA) is 67.9 Å². The van der Waals surface area contributed by atoms with Gasteiger partial charge >= 0.3 is 7.12 Å². The second kappa shape index (κ2) is 7.85. The molecule has 2 aromatic rings. The van der Waals surface area contributed by atoms with Crippen molar-refractivity contribution in [1.82, 2.24) is 0 Å². The van der Waals surface area contributed by atoms with Crippen molar-refractivity contribution >= 4 is 36.3 Å². The Bertz CT molecular complexity index is 977. The zero-order valence-electron chi connectivity index (χ0n) is 18.1. The first-order valence-corrected chi connectivity index (χ1v) is 9.71. The zero-order valence-corrected chi connectivity index (χ0v) is 18.1. The van der Waals surface area contributed by atoms with E-state index in [1.54, 1.807) is 12.1 Å². The average Bonchev–Trinajstić information content (AvgIpc) is 2.89. The number of rotatable bonds is 5. The third-order valence-electron chi connectivity index (χ3n) is 5.87. The van der Waals surface area contributed by atoms with Crippen molar-refractivity contribution in [2.75, 3.05) is 17.3 Å². The maximum absolute atomic E-state index is 14.3. The Labute approximate surface area is 176 Å². The van der Waals surface area contributed by atoms with Gasteiger partial charge in [-0.05, 0) is 63.8 Å². The van der Waals surface area contributed by atoms with Gasteiger partial charge in [-0.2, -0.15) is 0 Å². The van der Waals surface area contributed by atoms with Crippen LogP contribution in [0, 0.1) is 12.7 Å². The molecule has 0 atom stereocenters. The Balaban J connectivity index is 1.91. The van der Waals surface area contributed by atoms with Crippen LogP contribution in [0.1, 0.15) is 43.6 Å². The number of nitrogens with one attached hydrogen (secondary N) is 1. The Morgan fingerprint density at radius 2 is 1.70 bits per heavy atom. The Morgan fingerprint density at radius 3 is 2.30 bits per heavy atom. The van der Waals surface area contributed by atoms with Gasteiger partial charge in [-0.3, -0.25) is 9.59 Å². The number of benzene rings is 2. The van der Waals surface area contributed by atoms with Gasteiger partial charge in [0, 0.05) is 12.7 Å². The lowest BCUT2D eigenvalue weighted by Gasteiger charge is -2.32. The highest BCUT2D eigenvalue weighted by Gasteiger charge is 2.52. The highest BCUT2D eigenvalue weighted by atomic mass is 19.1. The van der Waals surface area contributed by atoms with E-state index in [1.165, 1.54) is 25.2 Å². The number of halogens is 1. The molecule has 1 N–H and O–H groups in total. The van der Waals surface area contributed by atoms with Gasteiger partial charge in [0.2, 0.25) is 6.41 Å². The molecule has 1 heterocycles. The number of carbonyl (C=O) groups excluding carboxylic acids is 2. The molecule has 1 aliphatic heterocycles. The highest BCUT2D eigenvalue weighted by Crippen LogP contribution is 2.37. The number of nitrogens with zero attached hydrogens (tertiary/aromatic N) is 1. The molecule has 2 aromatic carbocycles. The van der Waals surface area contributed by atoms with E-state index >= 15 is 0 Å². The molecule has 3 rings (SSSR count). The summed E-state index contributed by atoms with van der Waals surface area (Å²) in [5.41, 5.74) is 1.14. The molecule has 0 unspecified atom stereocenters. The molecule has 1 fully saturated rings. The van der Waals surface area contributed by atoms with Crippen LogP contribution < -0.4 is 15.7 Å². The van der Waals surface area contributed by atoms with Crippen LogP contribution >= 0.6 is 0 Å². The molecule has 2 amide bonds. The van der Waals surface area contributed by atoms with Crippen LogP contribution in [0.2, 0.25) is 0 Å². The van der Waals surface area contributed by atoms with Crippen LogP contribution in [0.5, 0.6) is 0 Å². The quantitative estimate of drug-likeness (QED) is 0.605. The van der Waals surface area contributed by atoms with Gasteiger partial charge < -0.3 is 19.5 Å². The number of carbonyl (C=O) groups is 2. The van der Waals surface area contributed by atoms with Gasteiger partial charge in [0.05, 0.1) is 22.5 Å². The summed E-state index contributed by atoms with van der Waals surface area (Å²) in [7, 11) is 0.824. The molecule has 1 saturated heterocycles. The molecule has 0 spiro atoms. The summed E-state index contributed by atoms with van der Waals surface area (Å²) in [5, 5.41) is 2.82. The van der Waals surface area contributed by atoms with Crippen molar-refractivity contribution in [3.05, 3.63) is 53.3 Å². The molecule has 0 aliphatic carbocycles. The van der Waals surface area contributed by atoms with E-state index < -0.39 is 30.0 Å². The van der Waals surface area contributed by atoms with Gasteiger partial charge in [-0.25, -0.2) is 4.39 Å². The minimum Gasteiger partial charge on any atom is -0.399 e. The van der Waals surface area contributed by atoms with Crippen LogP contribution in [-0.2, 0) is 14.1 Å². The molecule has 0 bridgehead atoms. The SMILES string of the molecule is Cc1c(NC(=O)c2cccc(F)c2N(C)C=O)cccc1B1OC(C)(C)C(C)(C)O1. The zero-order chi connectivity index (χ0) is 22.3. The number of hydrogen-bond donors (Lipinski definition) is 1. The second-order valence-electron chi connectivity index (χ2n) is 8.41. The Kier molecular flexibility index (Phi) is 5.75. The molecule has 1 aliphatic rings. The average molecular weight is 412 g/mol. The molecule has 158 valence electrons. The van der Waals surface area contributed by atoms with Gasteiger partial charge in [-0.15, -0.1) is 0 Å². The van der Waals surface area contributed by atoms with Crippen molar-refractivity contribution in [2.45, 2.75) is 45.8 Å². The smallest absolute Gasteiger partial charge is 0.399 e. The first-order valence-electron chi connectivity index (χ1n) is 9.71. The predicted octanol–water partition coefficient (Wildman–Crippen LogP) is 3.28. The summed E-state index contributed by atoms with van der Waals surface area (Å²) < 4.78 is 26.5. The molecule has 0 saturated carbocycles. The molecule has 0 radical (unpaired) electrons. The van der Waals surface area contributed by atoms with Crippen LogP contribution in [0.3, 0.4) is 0 Å². The minimum atomic E-state index is -0.653. The van der Waals surface area contributed by atoms with E-state index in [4.69, 9.17) is 9.31 Å². The first kappa shape index (κ1) is 22.0. The van der Waals surface area contributed by atoms with E-state index in [-0.39, 0.29) is 11.3 Å². The van der Waals surface area contributed by atoms with E-state index in [0.717, 1.165) is 15.9 Å². The highest BCUT2D eigenvalue weighted by molar-refractivity contribution is 6.62. The fourth-order valence-corrected chi connectivity index (χ4v) is 3.31. The normalized spacial score (nSPS) is 17.0. The van der Waals surface area contributed by atoms with E-state index in [2.05, 4.69) is 5.32 Å². The molecule has 8 heteroatoms. The third kappa shape index (κ3) is 3.85. The summed E-state index contributed by atoms with van der Waals surface area (Å²) in [6.45, 7) is 9.76. The van der Waals surface area contributed by atoms with E-state index in [1.807, 2.05) is 40.7 Å². The van der Waals surface area contributed by atoms with Crippen molar-refractivity contribution in [3.8, 4) is 0 Å². The van der Waals surface area contributed by atoms with Crippen LogP contribution in [0.15, 0.2) is 36.4 Å². The number of para-hydroxylation sites is 1. The van der Waals surface area contributed by atoms with Gasteiger partial charge in [0.1, 0.15) is 5.82 Å². The van der Waals surface area contributed by atoms with Crippen molar-refractivity contribution in [3.63, 3.8) is 0 Å². The maximum atomic E-state index is 14.3. The van der Waals surface area contributed by atoms with Gasteiger partial charge in [-0.1, -0.05) is 18.2 Å². The Morgan fingerprint density at radius 1 is 1.10 bits per heavy atom. The first-order chi connectivity index (χ1) is 14.0. The van der Waals surface area contributed by atoms with Gasteiger partial charge in [0.25, 0.3) is 5.91 Å². The van der Waals surface area contributed by atoms with Crippen molar-refractivity contribution in [2.24, 2.45) is 0 Å². The largest absolute Gasteiger partial charge is 0.495 e. The lowest BCUT2D eigenvalue weighted by Crippen LogP contribution is -2.41. The Hall–Kier alpha value is -2.71. The third-order valence-corrected chi connectivity index (χ3v) is 5.87. The van der Waals surface area contributed by atoms with Crippen LogP contribution in [0.4, 0.5) is 15.8 Å². The van der Waals surface area contributed by atoms with Gasteiger partial charge in [0.15, 0.2) is 0 Å². The van der Waals surface area contributed by atoms with Crippen molar-refractivity contribution < 1.29 is 23.3 Å². The number of hydrogen-bond acceptors (Lipinski definition) is 4. The van der Waals surface area contributed by atoms with Crippen LogP contribution in [-0.4, -0.2) is 37.7 Å².